The molecule has 1 aliphatic heterocycles. The quantitative estimate of drug-likeness (QED) is 0.595. The van der Waals surface area contributed by atoms with Gasteiger partial charge < -0.3 is 20.9 Å². The predicted molar refractivity (Wildman–Crippen MR) is 60.8 cm³/mol. The molecule has 0 aliphatic carbocycles. The molecule has 1 fully saturated rings. The smallest absolute Gasteiger partial charge is 0.0593 e. The lowest BCUT2D eigenvalue weighted by atomic mass is 9.85. The monoisotopic (exact) mass is 216 g/mol. The van der Waals surface area contributed by atoms with Crippen LogP contribution in [-0.2, 0) is 4.74 Å². The highest BCUT2D eigenvalue weighted by Crippen LogP contribution is 2.26. The van der Waals surface area contributed by atoms with Crippen molar-refractivity contribution in [1.82, 2.24) is 5.32 Å². The van der Waals surface area contributed by atoms with Crippen LogP contribution in [0.2, 0.25) is 0 Å². The van der Waals surface area contributed by atoms with Crippen molar-refractivity contribution in [1.29, 1.82) is 0 Å². The molecule has 2 atom stereocenters. The summed E-state index contributed by atoms with van der Waals surface area (Å²) < 4.78 is 5.70. The van der Waals surface area contributed by atoms with Crippen LogP contribution in [0.1, 0.15) is 32.6 Å². The maximum Gasteiger partial charge on any atom is 0.0593 e. The van der Waals surface area contributed by atoms with Gasteiger partial charge >= 0.3 is 0 Å². The standard InChI is InChI=1S/C11H24N2O2/c1-2-3-10-8-11(9-12,4-7-15-10)13-5-6-14/h10,13-14H,2-9,12H2,1H3. The van der Waals surface area contributed by atoms with Crippen LogP contribution in [0.5, 0.6) is 0 Å². The topological polar surface area (TPSA) is 67.5 Å². The Balaban J connectivity index is 2.47. The maximum atomic E-state index is 8.84. The second-order valence-corrected chi connectivity index (χ2v) is 4.37. The maximum absolute atomic E-state index is 8.84. The van der Waals surface area contributed by atoms with E-state index in [4.69, 9.17) is 15.6 Å². The molecule has 0 bridgehead atoms. The van der Waals surface area contributed by atoms with Crippen LogP contribution < -0.4 is 11.1 Å². The number of aliphatic hydroxyl groups is 1. The average Bonchev–Trinajstić information content (AvgIpc) is 2.27. The normalized spacial score (nSPS) is 31.8. The van der Waals surface area contributed by atoms with Gasteiger partial charge in [-0.3, -0.25) is 0 Å². The molecule has 1 rings (SSSR count). The highest BCUT2D eigenvalue weighted by Gasteiger charge is 2.34. The lowest BCUT2D eigenvalue weighted by Crippen LogP contribution is -2.57. The molecule has 15 heavy (non-hydrogen) atoms. The summed E-state index contributed by atoms with van der Waals surface area (Å²) in [4.78, 5) is 0. The molecule has 90 valence electrons. The van der Waals surface area contributed by atoms with Crippen LogP contribution in [0.4, 0.5) is 0 Å². The SMILES string of the molecule is CCCC1CC(CN)(NCCO)CCO1. The van der Waals surface area contributed by atoms with Gasteiger partial charge in [-0.05, 0) is 19.3 Å². The fraction of sp³-hybridized carbons (Fsp3) is 1.00. The molecule has 0 saturated carbocycles. The van der Waals surface area contributed by atoms with Gasteiger partial charge in [0.1, 0.15) is 0 Å². The zero-order valence-electron chi connectivity index (χ0n) is 9.67. The minimum atomic E-state index is -0.0131. The van der Waals surface area contributed by atoms with Crippen molar-refractivity contribution in [3.05, 3.63) is 0 Å². The van der Waals surface area contributed by atoms with Crippen molar-refractivity contribution in [3.63, 3.8) is 0 Å². The Hall–Kier alpha value is -0.160. The summed E-state index contributed by atoms with van der Waals surface area (Å²) in [6, 6.07) is 0. The van der Waals surface area contributed by atoms with Crippen molar-refractivity contribution < 1.29 is 9.84 Å². The van der Waals surface area contributed by atoms with Crippen LogP contribution in [0.15, 0.2) is 0 Å². The third kappa shape index (κ3) is 3.72. The first-order chi connectivity index (χ1) is 7.26. The average molecular weight is 216 g/mol. The molecule has 0 aromatic carbocycles. The summed E-state index contributed by atoms with van der Waals surface area (Å²) >= 11 is 0. The Kier molecular flexibility index (Phi) is 5.53. The van der Waals surface area contributed by atoms with Crippen LogP contribution in [0.25, 0.3) is 0 Å². The lowest BCUT2D eigenvalue weighted by molar-refractivity contribution is -0.0313. The molecular formula is C11H24N2O2. The van der Waals surface area contributed by atoms with Gasteiger partial charge in [0.15, 0.2) is 0 Å². The van der Waals surface area contributed by atoms with E-state index in [1.54, 1.807) is 0 Å². The molecule has 4 heteroatoms. The van der Waals surface area contributed by atoms with E-state index >= 15 is 0 Å². The van der Waals surface area contributed by atoms with Crippen molar-refractivity contribution in [2.24, 2.45) is 5.73 Å². The van der Waals surface area contributed by atoms with Gasteiger partial charge in [-0.25, -0.2) is 0 Å². The van der Waals surface area contributed by atoms with E-state index in [-0.39, 0.29) is 12.1 Å². The summed E-state index contributed by atoms with van der Waals surface area (Å²) in [6.07, 6.45) is 4.49. The summed E-state index contributed by atoms with van der Waals surface area (Å²) in [6.45, 7) is 4.36. The van der Waals surface area contributed by atoms with Crippen LogP contribution in [0.3, 0.4) is 0 Å². The van der Waals surface area contributed by atoms with Gasteiger partial charge in [0, 0.05) is 25.2 Å². The molecule has 1 heterocycles. The molecule has 0 spiro atoms. The second kappa shape index (κ2) is 6.43. The highest BCUT2D eigenvalue weighted by atomic mass is 16.5. The van der Waals surface area contributed by atoms with E-state index in [0.717, 1.165) is 32.3 Å². The largest absolute Gasteiger partial charge is 0.395 e. The Morgan fingerprint density at radius 3 is 3.00 bits per heavy atom. The van der Waals surface area contributed by atoms with Crippen molar-refractivity contribution >= 4 is 0 Å². The van der Waals surface area contributed by atoms with Crippen molar-refractivity contribution in [3.8, 4) is 0 Å². The summed E-state index contributed by atoms with van der Waals surface area (Å²) in [5.74, 6) is 0. The Morgan fingerprint density at radius 1 is 1.60 bits per heavy atom. The Labute approximate surface area is 92.2 Å². The van der Waals surface area contributed by atoms with Gasteiger partial charge in [0.25, 0.3) is 0 Å². The third-order valence-electron chi connectivity index (χ3n) is 3.17. The number of ether oxygens (including phenoxy) is 1. The molecular weight excluding hydrogens is 192 g/mol. The summed E-state index contributed by atoms with van der Waals surface area (Å²) in [5.41, 5.74) is 5.82. The first kappa shape index (κ1) is 12.9. The number of nitrogens with one attached hydrogen (secondary N) is 1. The zero-order valence-corrected chi connectivity index (χ0v) is 9.67. The fourth-order valence-corrected chi connectivity index (χ4v) is 2.26. The molecule has 0 aromatic heterocycles. The summed E-state index contributed by atoms with van der Waals surface area (Å²) in [7, 11) is 0. The second-order valence-electron chi connectivity index (χ2n) is 4.37. The number of β-amino-alcohol motifs (C(OH)–C–C–N with tert-alkyl or cyclic N) is 1. The van der Waals surface area contributed by atoms with Gasteiger partial charge in [0.05, 0.1) is 12.7 Å². The van der Waals surface area contributed by atoms with Crippen LogP contribution in [0, 0.1) is 0 Å². The van der Waals surface area contributed by atoms with E-state index in [1.807, 2.05) is 0 Å². The molecule has 1 aliphatic rings. The van der Waals surface area contributed by atoms with Gasteiger partial charge in [0.2, 0.25) is 0 Å². The number of hydrogen-bond acceptors (Lipinski definition) is 4. The number of nitrogens with two attached hydrogens (primary N) is 1. The zero-order chi connectivity index (χ0) is 11.1. The third-order valence-corrected chi connectivity index (χ3v) is 3.17. The Morgan fingerprint density at radius 2 is 2.40 bits per heavy atom. The van der Waals surface area contributed by atoms with Gasteiger partial charge in [-0.2, -0.15) is 0 Å². The van der Waals surface area contributed by atoms with Gasteiger partial charge in [-0.15, -0.1) is 0 Å². The van der Waals surface area contributed by atoms with Gasteiger partial charge in [-0.1, -0.05) is 13.3 Å². The molecule has 0 amide bonds. The summed E-state index contributed by atoms with van der Waals surface area (Å²) in [5, 5.41) is 12.2. The minimum absolute atomic E-state index is 0.0131. The highest BCUT2D eigenvalue weighted by molar-refractivity contribution is 4.94. The molecule has 2 unspecified atom stereocenters. The van der Waals surface area contributed by atoms with E-state index in [9.17, 15) is 0 Å². The molecule has 0 radical (unpaired) electrons. The van der Waals surface area contributed by atoms with Crippen LogP contribution in [-0.4, -0.2) is 43.1 Å². The van der Waals surface area contributed by atoms with Crippen molar-refractivity contribution in [2.45, 2.75) is 44.2 Å². The van der Waals surface area contributed by atoms with E-state index < -0.39 is 0 Å². The van der Waals surface area contributed by atoms with E-state index in [0.29, 0.717) is 19.2 Å². The van der Waals surface area contributed by atoms with Crippen molar-refractivity contribution in [2.75, 3.05) is 26.3 Å². The fourth-order valence-electron chi connectivity index (χ4n) is 2.26. The molecule has 4 N–H and O–H groups in total. The molecule has 0 aromatic rings. The lowest BCUT2D eigenvalue weighted by Gasteiger charge is -2.41. The predicted octanol–water partition coefficient (Wildman–Crippen LogP) is 0.245. The number of rotatable bonds is 6. The first-order valence-electron chi connectivity index (χ1n) is 5.94. The number of hydrogen-bond donors (Lipinski definition) is 3. The van der Waals surface area contributed by atoms with E-state index in [2.05, 4.69) is 12.2 Å². The molecule has 4 nitrogen and oxygen atoms in total. The Bertz CT molecular complexity index is 176. The van der Waals surface area contributed by atoms with E-state index in [1.165, 1.54) is 0 Å². The molecule has 1 saturated heterocycles. The first-order valence-corrected chi connectivity index (χ1v) is 5.94. The van der Waals surface area contributed by atoms with Crippen LogP contribution >= 0.6 is 0 Å². The number of aliphatic hydroxyl groups excluding tert-OH is 1. The minimum Gasteiger partial charge on any atom is -0.395 e.